The maximum absolute atomic E-state index is 14.4. The smallest absolute Gasteiger partial charge is 0.276 e. The summed E-state index contributed by atoms with van der Waals surface area (Å²) in [6, 6.07) is 2.94. The largest absolute Gasteiger partial charge is 0.385 e. The number of fused-ring (bicyclic) bond motifs is 1. The normalized spacial score (nSPS) is 22.7. The van der Waals surface area contributed by atoms with Gasteiger partial charge >= 0.3 is 0 Å². The van der Waals surface area contributed by atoms with Crippen LogP contribution in [0, 0.1) is 17.8 Å². The van der Waals surface area contributed by atoms with Crippen LogP contribution in [0.5, 0.6) is 0 Å². The van der Waals surface area contributed by atoms with E-state index in [1.54, 1.807) is 47.2 Å². The van der Waals surface area contributed by atoms with Gasteiger partial charge in [-0.25, -0.2) is 0 Å². The monoisotopic (exact) mass is 536 g/mol. The van der Waals surface area contributed by atoms with E-state index in [1.165, 1.54) is 6.42 Å². The maximum atomic E-state index is 14.4. The van der Waals surface area contributed by atoms with E-state index in [9.17, 15) is 14.4 Å². The maximum Gasteiger partial charge on any atom is 0.276 e. The Bertz CT molecular complexity index is 1150. The van der Waals surface area contributed by atoms with E-state index in [4.69, 9.17) is 4.74 Å². The molecule has 0 aromatic carbocycles. The molecule has 5 rings (SSSR count). The molecule has 39 heavy (non-hydrogen) atoms. The third kappa shape index (κ3) is 6.00. The number of nitrogens with zero attached hydrogens (tertiary/aromatic N) is 5. The first kappa shape index (κ1) is 27.3. The van der Waals surface area contributed by atoms with Gasteiger partial charge in [0.15, 0.2) is 5.69 Å². The van der Waals surface area contributed by atoms with Crippen LogP contribution in [-0.4, -0.2) is 70.2 Å². The van der Waals surface area contributed by atoms with E-state index in [0.717, 1.165) is 37.7 Å². The van der Waals surface area contributed by atoms with Crippen molar-refractivity contribution in [2.45, 2.75) is 64.0 Å². The van der Waals surface area contributed by atoms with Crippen molar-refractivity contribution in [2.24, 2.45) is 24.8 Å². The van der Waals surface area contributed by atoms with Crippen molar-refractivity contribution in [3.8, 4) is 0 Å². The van der Waals surface area contributed by atoms with Crippen LogP contribution in [0.3, 0.4) is 0 Å². The van der Waals surface area contributed by atoms with Gasteiger partial charge in [0.25, 0.3) is 5.91 Å². The molecule has 2 unspecified atom stereocenters. The molecule has 210 valence electrons. The van der Waals surface area contributed by atoms with Gasteiger partial charge in [0.2, 0.25) is 11.8 Å². The lowest BCUT2D eigenvalue weighted by Crippen LogP contribution is -2.51. The van der Waals surface area contributed by atoms with Gasteiger partial charge in [-0.15, -0.1) is 0 Å². The molecule has 10 heteroatoms. The topological polar surface area (TPSA) is 110 Å². The number of amides is 3. The van der Waals surface area contributed by atoms with E-state index in [2.05, 4.69) is 15.4 Å². The molecule has 3 amide bonds. The Hall–Kier alpha value is -3.27. The standard InChI is InChI=1S/C29H40N6O4/c1-33-19-24(26(32-33)29(38)34-14-8-15-34)35(28(37)25-21-10-4-3-5-11-22(21)25)23(12-7-16-39-2)27(36)31-18-20-9-6-13-30-17-20/h6,9,13,17,19,21-23,25H,3-5,7-8,10-12,14-16,18H2,1-2H3,(H,31,36)/t21-,22+,23?,25?. The predicted molar refractivity (Wildman–Crippen MR) is 146 cm³/mol. The Morgan fingerprint density at radius 3 is 2.56 bits per heavy atom. The highest BCUT2D eigenvalue weighted by molar-refractivity contribution is 6.08. The first-order chi connectivity index (χ1) is 19.0. The van der Waals surface area contributed by atoms with Crippen molar-refractivity contribution in [3.63, 3.8) is 0 Å². The molecular formula is C29H40N6O4. The highest BCUT2D eigenvalue weighted by Gasteiger charge is 2.56. The lowest BCUT2D eigenvalue weighted by atomic mass is 10.0. The summed E-state index contributed by atoms with van der Waals surface area (Å²) in [6.45, 7) is 2.13. The van der Waals surface area contributed by atoms with Gasteiger partial charge in [0.1, 0.15) is 6.04 Å². The number of rotatable bonds is 11. The van der Waals surface area contributed by atoms with Gasteiger partial charge < -0.3 is 15.0 Å². The van der Waals surface area contributed by atoms with Crippen molar-refractivity contribution >= 4 is 23.4 Å². The Morgan fingerprint density at radius 1 is 1.15 bits per heavy atom. The fourth-order valence-corrected chi connectivity index (χ4v) is 6.22. The van der Waals surface area contributed by atoms with Gasteiger partial charge in [-0.05, 0) is 55.6 Å². The predicted octanol–water partition coefficient (Wildman–Crippen LogP) is 2.93. The fraction of sp³-hybridized carbons (Fsp3) is 0.621. The number of nitrogens with one attached hydrogen (secondary N) is 1. The molecule has 3 heterocycles. The lowest BCUT2D eigenvalue weighted by Gasteiger charge is -2.33. The summed E-state index contributed by atoms with van der Waals surface area (Å²) in [4.78, 5) is 49.2. The number of aryl methyl sites for hydroxylation is 1. The number of methoxy groups -OCH3 is 1. The van der Waals surface area contributed by atoms with E-state index in [0.29, 0.717) is 56.6 Å². The first-order valence-electron chi connectivity index (χ1n) is 14.3. The molecule has 0 bridgehead atoms. The van der Waals surface area contributed by atoms with Crippen LogP contribution in [-0.2, 0) is 27.9 Å². The summed E-state index contributed by atoms with van der Waals surface area (Å²) in [5.41, 5.74) is 1.54. The molecule has 0 spiro atoms. The van der Waals surface area contributed by atoms with Crippen LogP contribution >= 0.6 is 0 Å². The van der Waals surface area contributed by atoms with Crippen LogP contribution in [0.25, 0.3) is 0 Å². The molecule has 0 radical (unpaired) electrons. The number of carbonyl (C=O) groups is 3. The van der Waals surface area contributed by atoms with Gasteiger partial charge in [0, 0.05) is 64.9 Å². The van der Waals surface area contributed by atoms with Crippen molar-refractivity contribution in [3.05, 3.63) is 42.0 Å². The molecule has 2 aliphatic carbocycles. The van der Waals surface area contributed by atoms with Crippen molar-refractivity contribution in [2.75, 3.05) is 31.7 Å². The molecule has 1 aliphatic heterocycles. The Kier molecular flexibility index (Phi) is 8.60. The SMILES string of the molecule is COCCCC(C(=O)NCc1cccnc1)N(C(=O)C1[C@H]2CCCCC[C@@H]12)c1cn(C)nc1C(=O)N1CCC1. The average molecular weight is 537 g/mol. The molecule has 4 atom stereocenters. The summed E-state index contributed by atoms with van der Waals surface area (Å²) in [5, 5.41) is 7.53. The third-order valence-corrected chi connectivity index (χ3v) is 8.47. The van der Waals surface area contributed by atoms with Crippen LogP contribution in [0.1, 0.15) is 67.4 Å². The number of ether oxygens (including phenoxy) is 1. The molecule has 1 saturated heterocycles. The second-order valence-electron chi connectivity index (χ2n) is 11.1. The zero-order chi connectivity index (χ0) is 27.4. The second kappa shape index (κ2) is 12.3. The molecule has 2 aromatic rings. The number of hydrogen-bond acceptors (Lipinski definition) is 6. The first-order valence-corrected chi connectivity index (χ1v) is 14.3. The zero-order valence-corrected chi connectivity index (χ0v) is 23.1. The molecule has 2 aromatic heterocycles. The van der Waals surface area contributed by atoms with E-state index in [-0.39, 0.29) is 29.3 Å². The van der Waals surface area contributed by atoms with Crippen molar-refractivity contribution < 1.29 is 19.1 Å². The Labute approximate surface area is 230 Å². The summed E-state index contributed by atoms with van der Waals surface area (Å²) < 4.78 is 6.87. The zero-order valence-electron chi connectivity index (χ0n) is 23.1. The van der Waals surface area contributed by atoms with Crippen molar-refractivity contribution in [1.29, 1.82) is 0 Å². The minimum atomic E-state index is -0.790. The van der Waals surface area contributed by atoms with E-state index in [1.807, 2.05) is 12.1 Å². The number of pyridine rings is 1. The second-order valence-corrected chi connectivity index (χ2v) is 11.1. The van der Waals surface area contributed by atoms with Crippen LogP contribution in [0.4, 0.5) is 5.69 Å². The Morgan fingerprint density at radius 2 is 1.92 bits per heavy atom. The van der Waals surface area contributed by atoms with Gasteiger partial charge in [-0.1, -0.05) is 25.3 Å². The lowest BCUT2D eigenvalue weighted by molar-refractivity contribution is -0.127. The van der Waals surface area contributed by atoms with Gasteiger partial charge in [0.05, 0.1) is 5.69 Å². The summed E-state index contributed by atoms with van der Waals surface area (Å²) >= 11 is 0. The average Bonchev–Trinajstić information content (AvgIpc) is 3.53. The van der Waals surface area contributed by atoms with Crippen LogP contribution in [0.2, 0.25) is 0 Å². The minimum Gasteiger partial charge on any atom is -0.385 e. The van der Waals surface area contributed by atoms with Gasteiger partial charge in [-0.3, -0.25) is 28.9 Å². The third-order valence-electron chi connectivity index (χ3n) is 8.47. The fourth-order valence-electron chi connectivity index (χ4n) is 6.22. The summed E-state index contributed by atoms with van der Waals surface area (Å²) in [7, 11) is 3.38. The number of aromatic nitrogens is 3. The van der Waals surface area contributed by atoms with E-state index < -0.39 is 6.04 Å². The summed E-state index contributed by atoms with van der Waals surface area (Å²) in [6.07, 6.45) is 12.7. The minimum absolute atomic E-state index is 0.0588. The Balaban J connectivity index is 1.48. The molecule has 2 saturated carbocycles. The molecule has 3 fully saturated rings. The number of hydrogen-bond donors (Lipinski definition) is 1. The highest BCUT2D eigenvalue weighted by Crippen LogP contribution is 2.55. The van der Waals surface area contributed by atoms with Crippen LogP contribution in [0.15, 0.2) is 30.7 Å². The highest BCUT2D eigenvalue weighted by atomic mass is 16.5. The summed E-state index contributed by atoms with van der Waals surface area (Å²) in [5.74, 6) is 0.0880. The molecular weight excluding hydrogens is 496 g/mol. The number of carbonyl (C=O) groups excluding carboxylic acids is 3. The van der Waals surface area contributed by atoms with Crippen molar-refractivity contribution in [1.82, 2.24) is 25.0 Å². The van der Waals surface area contributed by atoms with E-state index >= 15 is 0 Å². The number of likely N-dealkylation sites (tertiary alicyclic amines) is 1. The molecule has 3 aliphatic rings. The van der Waals surface area contributed by atoms with Gasteiger partial charge in [-0.2, -0.15) is 5.10 Å². The number of anilines is 1. The van der Waals surface area contributed by atoms with Crippen LogP contribution < -0.4 is 10.2 Å². The molecule has 1 N–H and O–H groups in total. The molecule has 10 nitrogen and oxygen atoms in total. The quantitative estimate of drug-likeness (QED) is 0.442.